The standard InChI is InChI=1S/C18H21N.ClH/c19-18(15-8-4-2-5-9-15)17-12-11-14-7-3-1-6-10-16(14)13-17;/h2,4-5,8-9,11-13,18H,1,3,6-7,10,19H2;1H. The normalized spacial score (nSPS) is 15.7. The zero-order valence-electron chi connectivity index (χ0n) is 11.7. The smallest absolute Gasteiger partial charge is 0.0551 e. The van der Waals surface area contributed by atoms with Gasteiger partial charge in [0, 0.05) is 0 Å². The molecule has 0 radical (unpaired) electrons. The van der Waals surface area contributed by atoms with Crippen LogP contribution in [0.2, 0.25) is 0 Å². The molecule has 0 aliphatic heterocycles. The lowest BCUT2D eigenvalue weighted by Gasteiger charge is -2.15. The van der Waals surface area contributed by atoms with Gasteiger partial charge in [-0.1, -0.05) is 55.0 Å². The van der Waals surface area contributed by atoms with Gasteiger partial charge in [-0.3, -0.25) is 0 Å². The summed E-state index contributed by atoms with van der Waals surface area (Å²) >= 11 is 0. The minimum Gasteiger partial charge on any atom is -0.320 e. The monoisotopic (exact) mass is 287 g/mol. The molecule has 20 heavy (non-hydrogen) atoms. The van der Waals surface area contributed by atoms with E-state index in [4.69, 9.17) is 5.73 Å². The Kier molecular flexibility index (Phi) is 5.22. The molecular formula is C18H22ClN. The minimum atomic E-state index is -0.00486. The molecule has 2 aromatic carbocycles. The van der Waals surface area contributed by atoms with E-state index >= 15 is 0 Å². The number of hydrogen-bond acceptors (Lipinski definition) is 1. The van der Waals surface area contributed by atoms with E-state index < -0.39 is 0 Å². The fourth-order valence-corrected chi connectivity index (χ4v) is 2.98. The van der Waals surface area contributed by atoms with E-state index in [0.717, 1.165) is 0 Å². The third kappa shape index (κ3) is 3.23. The lowest BCUT2D eigenvalue weighted by atomic mass is 9.94. The van der Waals surface area contributed by atoms with Crippen molar-refractivity contribution in [3.05, 3.63) is 70.8 Å². The highest BCUT2D eigenvalue weighted by Crippen LogP contribution is 2.26. The molecule has 0 saturated heterocycles. The number of halogens is 1. The molecule has 2 N–H and O–H groups in total. The third-order valence-corrected chi connectivity index (χ3v) is 4.14. The van der Waals surface area contributed by atoms with Crippen LogP contribution in [0.1, 0.15) is 47.6 Å². The van der Waals surface area contributed by atoms with Crippen LogP contribution in [-0.4, -0.2) is 0 Å². The Labute approximate surface area is 127 Å². The maximum atomic E-state index is 6.39. The van der Waals surface area contributed by atoms with Gasteiger partial charge in [-0.2, -0.15) is 0 Å². The van der Waals surface area contributed by atoms with Crippen molar-refractivity contribution < 1.29 is 0 Å². The molecule has 0 aromatic heterocycles. The molecule has 0 fully saturated rings. The lowest BCUT2D eigenvalue weighted by Crippen LogP contribution is -2.12. The van der Waals surface area contributed by atoms with Crippen LogP contribution >= 0.6 is 12.4 Å². The van der Waals surface area contributed by atoms with Gasteiger partial charge < -0.3 is 5.73 Å². The van der Waals surface area contributed by atoms with Gasteiger partial charge in [0.2, 0.25) is 0 Å². The van der Waals surface area contributed by atoms with Crippen molar-refractivity contribution in [3.63, 3.8) is 0 Å². The van der Waals surface area contributed by atoms with Gasteiger partial charge in [0.1, 0.15) is 0 Å². The van der Waals surface area contributed by atoms with Crippen LogP contribution in [0.15, 0.2) is 48.5 Å². The van der Waals surface area contributed by atoms with Gasteiger partial charge in [0.15, 0.2) is 0 Å². The van der Waals surface area contributed by atoms with Crippen molar-refractivity contribution in [1.82, 2.24) is 0 Å². The molecule has 3 rings (SSSR count). The molecule has 2 heteroatoms. The summed E-state index contributed by atoms with van der Waals surface area (Å²) in [5.41, 5.74) is 11.9. The Bertz CT molecular complexity index is 551. The predicted octanol–water partition coefficient (Wildman–Crippen LogP) is 4.43. The van der Waals surface area contributed by atoms with Crippen LogP contribution in [0, 0.1) is 0 Å². The topological polar surface area (TPSA) is 26.0 Å². The summed E-state index contributed by atoms with van der Waals surface area (Å²) in [6.07, 6.45) is 6.45. The maximum absolute atomic E-state index is 6.39. The Morgan fingerprint density at radius 2 is 1.45 bits per heavy atom. The van der Waals surface area contributed by atoms with Gasteiger partial charge in [-0.25, -0.2) is 0 Å². The highest BCUT2D eigenvalue weighted by Gasteiger charge is 2.13. The first-order valence-corrected chi connectivity index (χ1v) is 7.27. The van der Waals surface area contributed by atoms with Crippen molar-refractivity contribution in [1.29, 1.82) is 0 Å². The fourth-order valence-electron chi connectivity index (χ4n) is 2.98. The van der Waals surface area contributed by atoms with Gasteiger partial charge in [-0.05, 0) is 47.9 Å². The van der Waals surface area contributed by atoms with E-state index in [1.165, 1.54) is 54.4 Å². The first-order chi connectivity index (χ1) is 9.34. The van der Waals surface area contributed by atoms with Crippen molar-refractivity contribution >= 4 is 12.4 Å². The number of fused-ring (bicyclic) bond motifs is 1. The first kappa shape index (κ1) is 15.1. The van der Waals surface area contributed by atoms with E-state index in [9.17, 15) is 0 Å². The molecule has 1 nitrogen and oxygen atoms in total. The summed E-state index contributed by atoms with van der Waals surface area (Å²) in [5.74, 6) is 0. The van der Waals surface area contributed by atoms with Crippen molar-refractivity contribution in [2.45, 2.75) is 38.1 Å². The quantitative estimate of drug-likeness (QED) is 0.813. The SMILES string of the molecule is Cl.NC(c1ccccc1)c1ccc2c(c1)CCCCC2. The molecule has 106 valence electrons. The maximum Gasteiger partial charge on any atom is 0.0551 e. The van der Waals surface area contributed by atoms with Gasteiger partial charge in [-0.15, -0.1) is 12.4 Å². The summed E-state index contributed by atoms with van der Waals surface area (Å²) in [7, 11) is 0. The predicted molar refractivity (Wildman–Crippen MR) is 87.4 cm³/mol. The second kappa shape index (κ2) is 6.92. The van der Waals surface area contributed by atoms with Crippen molar-refractivity contribution in [2.75, 3.05) is 0 Å². The molecule has 1 unspecified atom stereocenters. The number of hydrogen-bond donors (Lipinski definition) is 1. The van der Waals surface area contributed by atoms with Crippen molar-refractivity contribution in [3.8, 4) is 0 Å². The second-order valence-electron chi connectivity index (χ2n) is 5.48. The molecular weight excluding hydrogens is 266 g/mol. The Hall–Kier alpha value is -1.31. The molecule has 0 spiro atoms. The fraction of sp³-hybridized carbons (Fsp3) is 0.333. The molecule has 0 saturated carbocycles. The van der Waals surface area contributed by atoms with Gasteiger partial charge >= 0.3 is 0 Å². The van der Waals surface area contributed by atoms with Crippen LogP contribution in [0.4, 0.5) is 0 Å². The number of rotatable bonds is 2. The summed E-state index contributed by atoms with van der Waals surface area (Å²) in [5, 5.41) is 0. The average Bonchev–Trinajstić information content (AvgIpc) is 2.72. The molecule has 1 aliphatic carbocycles. The molecule has 2 aromatic rings. The first-order valence-electron chi connectivity index (χ1n) is 7.27. The van der Waals surface area contributed by atoms with E-state index in [2.05, 4.69) is 42.5 Å². The Balaban J connectivity index is 0.00000147. The zero-order chi connectivity index (χ0) is 13.1. The lowest BCUT2D eigenvalue weighted by molar-refractivity contribution is 0.711. The van der Waals surface area contributed by atoms with Crippen LogP contribution in [0.25, 0.3) is 0 Å². The Morgan fingerprint density at radius 1 is 0.750 bits per heavy atom. The van der Waals surface area contributed by atoms with Crippen LogP contribution in [0.3, 0.4) is 0 Å². The minimum absolute atomic E-state index is 0. The summed E-state index contributed by atoms with van der Waals surface area (Å²) < 4.78 is 0. The van der Waals surface area contributed by atoms with E-state index in [0.29, 0.717) is 0 Å². The summed E-state index contributed by atoms with van der Waals surface area (Å²) in [6, 6.07) is 17.2. The molecule has 1 atom stereocenters. The number of aryl methyl sites for hydroxylation is 2. The highest BCUT2D eigenvalue weighted by molar-refractivity contribution is 5.85. The van der Waals surface area contributed by atoms with Gasteiger partial charge in [0.25, 0.3) is 0 Å². The van der Waals surface area contributed by atoms with E-state index in [-0.39, 0.29) is 18.4 Å². The van der Waals surface area contributed by atoms with Crippen LogP contribution in [-0.2, 0) is 12.8 Å². The second-order valence-corrected chi connectivity index (χ2v) is 5.48. The number of benzene rings is 2. The highest BCUT2D eigenvalue weighted by atomic mass is 35.5. The van der Waals surface area contributed by atoms with E-state index in [1.54, 1.807) is 0 Å². The largest absolute Gasteiger partial charge is 0.320 e. The third-order valence-electron chi connectivity index (χ3n) is 4.14. The number of nitrogens with two attached hydrogens (primary N) is 1. The summed E-state index contributed by atoms with van der Waals surface area (Å²) in [4.78, 5) is 0. The zero-order valence-corrected chi connectivity index (χ0v) is 12.5. The molecule has 0 bridgehead atoms. The summed E-state index contributed by atoms with van der Waals surface area (Å²) in [6.45, 7) is 0. The van der Waals surface area contributed by atoms with Crippen LogP contribution in [0.5, 0.6) is 0 Å². The molecule has 0 heterocycles. The molecule has 0 amide bonds. The molecule has 1 aliphatic rings. The average molecular weight is 288 g/mol. The Morgan fingerprint density at radius 3 is 2.20 bits per heavy atom. The van der Waals surface area contributed by atoms with Crippen molar-refractivity contribution in [2.24, 2.45) is 5.73 Å². The van der Waals surface area contributed by atoms with Crippen LogP contribution < -0.4 is 5.73 Å². The van der Waals surface area contributed by atoms with Gasteiger partial charge in [0.05, 0.1) is 6.04 Å². The van der Waals surface area contributed by atoms with E-state index in [1.807, 2.05) is 6.07 Å².